The van der Waals surface area contributed by atoms with E-state index in [2.05, 4.69) is 109 Å². The van der Waals surface area contributed by atoms with Crippen LogP contribution in [0.5, 0.6) is 0 Å². The Labute approximate surface area is 163 Å². The Bertz CT molecular complexity index is 1500. The van der Waals surface area contributed by atoms with Crippen LogP contribution in [-0.4, -0.2) is 4.57 Å². The first kappa shape index (κ1) is 15.5. The molecule has 0 spiro atoms. The van der Waals surface area contributed by atoms with E-state index < -0.39 is 0 Å². The lowest BCUT2D eigenvalue weighted by atomic mass is 10.00. The van der Waals surface area contributed by atoms with Gasteiger partial charge in [0.1, 0.15) is 0 Å². The van der Waals surface area contributed by atoms with Crippen molar-refractivity contribution in [3.63, 3.8) is 0 Å². The standard InChI is InChI=1S/C27H19N/c1-28-26-14-12-21(18-7-3-2-4-8-18)17-25(26)23-13-11-22-15-19-9-5-6-10-20(19)16-24(22)27(23)28/h2-17H,1H3. The van der Waals surface area contributed by atoms with Gasteiger partial charge in [-0.05, 0) is 51.6 Å². The topological polar surface area (TPSA) is 4.93 Å². The molecule has 6 rings (SSSR count). The van der Waals surface area contributed by atoms with Crippen LogP contribution in [0.3, 0.4) is 0 Å². The molecule has 6 aromatic rings. The molecule has 0 saturated carbocycles. The lowest BCUT2D eigenvalue weighted by Crippen LogP contribution is -1.88. The highest BCUT2D eigenvalue weighted by Crippen LogP contribution is 2.37. The zero-order valence-corrected chi connectivity index (χ0v) is 15.7. The van der Waals surface area contributed by atoms with Crippen LogP contribution >= 0.6 is 0 Å². The van der Waals surface area contributed by atoms with Crippen molar-refractivity contribution in [1.29, 1.82) is 0 Å². The molecule has 0 aliphatic heterocycles. The van der Waals surface area contributed by atoms with Crippen molar-refractivity contribution >= 4 is 43.4 Å². The van der Waals surface area contributed by atoms with Crippen LogP contribution in [0.4, 0.5) is 0 Å². The molecule has 0 fully saturated rings. The Kier molecular flexibility index (Phi) is 3.15. The quantitative estimate of drug-likeness (QED) is 0.272. The molecular weight excluding hydrogens is 338 g/mol. The van der Waals surface area contributed by atoms with Gasteiger partial charge in [0.15, 0.2) is 0 Å². The largest absolute Gasteiger partial charge is 0.343 e. The third kappa shape index (κ3) is 2.13. The van der Waals surface area contributed by atoms with Gasteiger partial charge in [-0.25, -0.2) is 0 Å². The van der Waals surface area contributed by atoms with Gasteiger partial charge in [-0.15, -0.1) is 0 Å². The number of aryl methyl sites for hydroxylation is 1. The van der Waals surface area contributed by atoms with E-state index in [-0.39, 0.29) is 0 Å². The molecule has 0 aliphatic rings. The summed E-state index contributed by atoms with van der Waals surface area (Å²) in [5, 5.41) is 7.82. The van der Waals surface area contributed by atoms with E-state index >= 15 is 0 Å². The first-order chi connectivity index (χ1) is 13.8. The van der Waals surface area contributed by atoms with Gasteiger partial charge in [0.25, 0.3) is 0 Å². The minimum Gasteiger partial charge on any atom is -0.343 e. The number of fused-ring (bicyclic) bond motifs is 6. The SMILES string of the molecule is Cn1c2ccc(-c3ccccc3)cc2c2ccc3cc4ccccc4cc3c21. The average Bonchev–Trinajstić information content (AvgIpc) is 3.05. The molecule has 0 atom stereocenters. The minimum absolute atomic E-state index is 1.26. The predicted octanol–water partition coefficient (Wildman–Crippen LogP) is 7.30. The van der Waals surface area contributed by atoms with E-state index in [4.69, 9.17) is 0 Å². The summed E-state index contributed by atoms with van der Waals surface area (Å²) in [6, 6.07) is 35.2. The maximum atomic E-state index is 2.34. The summed E-state index contributed by atoms with van der Waals surface area (Å²) in [7, 11) is 2.18. The van der Waals surface area contributed by atoms with Crippen molar-refractivity contribution in [2.24, 2.45) is 7.05 Å². The van der Waals surface area contributed by atoms with Crippen LogP contribution in [0.15, 0.2) is 97.1 Å². The molecule has 0 saturated heterocycles. The molecule has 0 N–H and O–H groups in total. The summed E-state index contributed by atoms with van der Waals surface area (Å²) in [4.78, 5) is 0. The summed E-state index contributed by atoms with van der Waals surface area (Å²) in [5.41, 5.74) is 5.10. The van der Waals surface area contributed by atoms with Gasteiger partial charge >= 0.3 is 0 Å². The van der Waals surface area contributed by atoms with Crippen molar-refractivity contribution in [1.82, 2.24) is 4.57 Å². The molecule has 1 heteroatoms. The normalized spacial score (nSPS) is 11.8. The predicted molar refractivity (Wildman–Crippen MR) is 121 cm³/mol. The van der Waals surface area contributed by atoms with E-state index in [0.717, 1.165) is 0 Å². The van der Waals surface area contributed by atoms with Gasteiger partial charge in [-0.3, -0.25) is 0 Å². The highest BCUT2D eigenvalue weighted by Gasteiger charge is 2.13. The highest BCUT2D eigenvalue weighted by atomic mass is 14.9. The van der Waals surface area contributed by atoms with Crippen molar-refractivity contribution in [3.8, 4) is 11.1 Å². The van der Waals surface area contributed by atoms with Crippen molar-refractivity contribution < 1.29 is 0 Å². The first-order valence-corrected chi connectivity index (χ1v) is 9.69. The van der Waals surface area contributed by atoms with Crippen molar-refractivity contribution in [3.05, 3.63) is 97.1 Å². The molecule has 28 heavy (non-hydrogen) atoms. The van der Waals surface area contributed by atoms with Gasteiger partial charge < -0.3 is 4.57 Å². The fraction of sp³-hybridized carbons (Fsp3) is 0.0370. The number of nitrogens with zero attached hydrogens (tertiary/aromatic N) is 1. The summed E-state index contributed by atoms with van der Waals surface area (Å²) >= 11 is 0. The van der Waals surface area contributed by atoms with Crippen molar-refractivity contribution in [2.45, 2.75) is 0 Å². The van der Waals surface area contributed by atoms with Crippen LogP contribution in [0.1, 0.15) is 0 Å². The molecule has 1 nitrogen and oxygen atoms in total. The monoisotopic (exact) mass is 357 g/mol. The van der Waals surface area contributed by atoms with E-state index in [9.17, 15) is 0 Å². The summed E-state index contributed by atoms with van der Waals surface area (Å²) in [5.74, 6) is 0. The lowest BCUT2D eigenvalue weighted by Gasteiger charge is -2.06. The van der Waals surface area contributed by atoms with E-state index in [1.165, 1.54) is 54.5 Å². The van der Waals surface area contributed by atoms with Crippen molar-refractivity contribution in [2.75, 3.05) is 0 Å². The summed E-state index contributed by atoms with van der Waals surface area (Å²) < 4.78 is 2.34. The third-order valence-electron chi connectivity index (χ3n) is 5.95. The Hall–Kier alpha value is -3.58. The molecule has 0 bridgehead atoms. The number of rotatable bonds is 1. The van der Waals surface area contributed by atoms with Crippen LogP contribution in [0.2, 0.25) is 0 Å². The maximum Gasteiger partial charge on any atom is 0.0568 e. The smallest absolute Gasteiger partial charge is 0.0568 e. The molecule has 0 aliphatic carbocycles. The summed E-state index contributed by atoms with van der Waals surface area (Å²) in [6.07, 6.45) is 0. The molecule has 132 valence electrons. The van der Waals surface area contributed by atoms with E-state index in [1.807, 2.05) is 0 Å². The summed E-state index contributed by atoms with van der Waals surface area (Å²) in [6.45, 7) is 0. The van der Waals surface area contributed by atoms with E-state index in [1.54, 1.807) is 0 Å². The number of aromatic nitrogens is 1. The second-order valence-electron chi connectivity index (χ2n) is 7.54. The minimum atomic E-state index is 1.26. The Morgan fingerprint density at radius 3 is 2.07 bits per heavy atom. The van der Waals surface area contributed by atoms with Gasteiger partial charge in [0.2, 0.25) is 0 Å². The number of hydrogen-bond donors (Lipinski definition) is 0. The Morgan fingerprint density at radius 2 is 1.25 bits per heavy atom. The molecule has 0 radical (unpaired) electrons. The zero-order chi connectivity index (χ0) is 18.7. The molecule has 1 aromatic heterocycles. The molecular formula is C27H19N. The molecule has 0 amide bonds. The van der Waals surface area contributed by atoms with E-state index in [0.29, 0.717) is 0 Å². The second-order valence-corrected chi connectivity index (χ2v) is 7.54. The maximum absolute atomic E-state index is 2.34. The van der Waals surface area contributed by atoms with Gasteiger partial charge in [0, 0.05) is 28.7 Å². The van der Waals surface area contributed by atoms with Gasteiger partial charge in [-0.1, -0.05) is 72.8 Å². The average molecular weight is 357 g/mol. The molecule has 5 aromatic carbocycles. The highest BCUT2D eigenvalue weighted by molar-refractivity contribution is 6.20. The Balaban J connectivity index is 1.73. The third-order valence-corrected chi connectivity index (χ3v) is 5.95. The zero-order valence-electron chi connectivity index (χ0n) is 15.7. The van der Waals surface area contributed by atoms with Crippen LogP contribution in [-0.2, 0) is 7.05 Å². The first-order valence-electron chi connectivity index (χ1n) is 9.69. The molecule has 1 heterocycles. The number of hydrogen-bond acceptors (Lipinski definition) is 0. The van der Waals surface area contributed by atoms with Crippen LogP contribution in [0, 0.1) is 0 Å². The molecule has 0 unspecified atom stereocenters. The lowest BCUT2D eigenvalue weighted by molar-refractivity contribution is 1.02. The van der Waals surface area contributed by atoms with Gasteiger partial charge in [-0.2, -0.15) is 0 Å². The second kappa shape index (κ2) is 5.71. The Morgan fingerprint density at radius 1 is 0.500 bits per heavy atom. The van der Waals surface area contributed by atoms with Crippen LogP contribution < -0.4 is 0 Å². The fourth-order valence-electron chi connectivity index (χ4n) is 4.55. The number of benzene rings is 5. The van der Waals surface area contributed by atoms with Gasteiger partial charge in [0.05, 0.1) is 5.52 Å². The van der Waals surface area contributed by atoms with Crippen LogP contribution in [0.25, 0.3) is 54.5 Å². The fourth-order valence-corrected chi connectivity index (χ4v) is 4.55.